The molecule has 0 aromatic heterocycles. The lowest BCUT2D eigenvalue weighted by Gasteiger charge is -2.37. The highest BCUT2D eigenvalue weighted by Crippen LogP contribution is 2.35. The number of nitrogens with two attached hydrogens (primary N) is 1. The van der Waals surface area contributed by atoms with Crippen molar-refractivity contribution < 1.29 is 18.9 Å². The minimum absolute atomic E-state index is 0.140. The highest BCUT2D eigenvalue weighted by Gasteiger charge is 2.41. The first-order chi connectivity index (χ1) is 10.2. The topological polar surface area (TPSA) is 62.9 Å². The molecule has 2 aliphatic rings. The molecule has 0 bridgehead atoms. The fourth-order valence-electron chi connectivity index (χ4n) is 3.07. The van der Waals surface area contributed by atoms with E-state index in [9.17, 15) is 0 Å². The Morgan fingerprint density at radius 3 is 2.86 bits per heavy atom. The quantitative estimate of drug-likeness (QED) is 0.918. The van der Waals surface area contributed by atoms with Crippen LogP contribution in [0.25, 0.3) is 0 Å². The van der Waals surface area contributed by atoms with Gasteiger partial charge in [0.1, 0.15) is 17.6 Å². The van der Waals surface area contributed by atoms with E-state index in [1.165, 1.54) is 0 Å². The second kappa shape index (κ2) is 6.22. The van der Waals surface area contributed by atoms with Crippen molar-refractivity contribution in [1.29, 1.82) is 0 Å². The van der Waals surface area contributed by atoms with Crippen molar-refractivity contribution in [2.75, 3.05) is 26.9 Å². The molecule has 2 N–H and O–H groups in total. The van der Waals surface area contributed by atoms with Crippen LogP contribution in [0.15, 0.2) is 18.2 Å². The van der Waals surface area contributed by atoms with Crippen LogP contribution in [0.2, 0.25) is 0 Å². The van der Waals surface area contributed by atoms with Crippen LogP contribution in [0, 0.1) is 0 Å². The number of benzene rings is 1. The average molecular weight is 293 g/mol. The predicted octanol–water partition coefficient (Wildman–Crippen LogP) is 1.87. The summed E-state index contributed by atoms with van der Waals surface area (Å²) in [6.45, 7) is 2.66. The highest BCUT2D eigenvalue weighted by atomic mass is 16.6. The minimum Gasteiger partial charge on any atom is -0.497 e. The molecule has 1 aromatic rings. The molecule has 21 heavy (non-hydrogen) atoms. The van der Waals surface area contributed by atoms with Gasteiger partial charge in [0.25, 0.3) is 0 Å². The van der Waals surface area contributed by atoms with E-state index in [2.05, 4.69) is 0 Å². The predicted molar refractivity (Wildman–Crippen MR) is 78.7 cm³/mol. The van der Waals surface area contributed by atoms with E-state index in [1.54, 1.807) is 7.11 Å². The summed E-state index contributed by atoms with van der Waals surface area (Å²) < 4.78 is 22.9. The summed E-state index contributed by atoms with van der Waals surface area (Å²) in [6, 6.07) is 5.82. The van der Waals surface area contributed by atoms with Gasteiger partial charge in [-0.05, 0) is 17.7 Å². The molecule has 3 rings (SSSR count). The van der Waals surface area contributed by atoms with Gasteiger partial charge in [-0.1, -0.05) is 0 Å². The highest BCUT2D eigenvalue weighted by molar-refractivity contribution is 5.38. The average Bonchev–Trinajstić information content (AvgIpc) is 2.94. The maximum Gasteiger partial charge on any atom is 0.123 e. The summed E-state index contributed by atoms with van der Waals surface area (Å²) in [5.74, 6) is 1.59. The van der Waals surface area contributed by atoms with Crippen LogP contribution in [0.1, 0.15) is 24.8 Å². The molecule has 5 nitrogen and oxygen atoms in total. The van der Waals surface area contributed by atoms with Crippen LogP contribution in [0.4, 0.5) is 0 Å². The lowest BCUT2D eigenvalue weighted by atomic mass is 9.91. The van der Waals surface area contributed by atoms with E-state index in [-0.39, 0.29) is 11.7 Å². The Kier molecular flexibility index (Phi) is 4.33. The van der Waals surface area contributed by atoms with Crippen LogP contribution in [-0.4, -0.2) is 38.6 Å². The third kappa shape index (κ3) is 3.31. The molecule has 0 radical (unpaired) electrons. The number of methoxy groups -OCH3 is 1. The maximum absolute atomic E-state index is 6.16. The Morgan fingerprint density at radius 2 is 2.14 bits per heavy atom. The molecule has 1 spiro atoms. The zero-order valence-electron chi connectivity index (χ0n) is 12.5. The Balaban J connectivity index is 1.70. The molecule has 2 fully saturated rings. The molecule has 2 saturated heterocycles. The molecule has 0 amide bonds. The van der Waals surface area contributed by atoms with Crippen molar-refractivity contribution in [1.82, 2.24) is 0 Å². The molecule has 5 heteroatoms. The first-order valence-electron chi connectivity index (χ1n) is 7.49. The lowest BCUT2D eigenvalue weighted by Crippen LogP contribution is -2.44. The summed E-state index contributed by atoms with van der Waals surface area (Å²) in [5.41, 5.74) is 6.59. The molecule has 1 aromatic carbocycles. The first-order valence-corrected chi connectivity index (χ1v) is 7.49. The molecular formula is C16H23NO4. The molecule has 2 aliphatic heterocycles. The normalized spacial score (nSPS) is 28.8. The van der Waals surface area contributed by atoms with E-state index in [0.717, 1.165) is 49.5 Å². The van der Waals surface area contributed by atoms with Gasteiger partial charge < -0.3 is 24.7 Å². The van der Waals surface area contributed by atoms with Gasteiger partial charge in [-0.25, -0.2) is 0 Å². The molecule has 2 atom stereocenters. The van der Waals surface area contributed by atoms with Crippen LogP contribution in [0.5, 0.6) is 11.5 Å². The Morgan fingerprint density at radius 1 is 1.29 bits per heavy atom. The number of hydrogen-bond acceptors (Lipinski definition) is 5. The fourth-order valence-corrected chi connectivity index (χ4v) is 3.07. The van der Waals surface area contributed by atoms with Crippen molar-refractivity contribution in [2.45, 2.75) is 37.5 Å². The monoisotopic (exact) mass is 293 g/mol. The van der Waals surface area contributed by atoms with Gasteiger partial charge >= 0.3 is 0 Å². The SMILES string of the molecule is COc1cc(CN)cc(OC2CCOC3(CCOC3)C2)c1. The van der Waals surface area contributed by atoms with Gasteiger partial charge in [0.05, 0.1) is 25.9 Å². The van der Waals surface area contributed by atoms with Gasteiger partial charge in [0.2, 0.25) is 0 Å². The minimum atomic E-state index is -0.140. The maximum atomic E-state index is 6.16. The lowest BCUT2D eigenvalue weighted by molar-refractivity contribution is -0.112. The standard InChI is InChI=1S/C16H23NO4/c1-18-14-6-12(10-17)7-15(8-14)21-13-2-4-20-16(9-13)3-5-19-11-16/h6-8,13H,2-5,9-11,17H2,1H3. The zero-order chi connectivity index (χ0) is 14.7. The largest absolute Gasteiger partial charge is 0.497 e. The van der Waals surface area contributed by atoms with E-state index >= 15 is 0 Å². The number of ether oxygens (including phenoxy) is 4. The fraction of sp³-hybridized carbons (Fsp3) is 0.625. The Labute approximate surface area is 125 Å². The molecule has 2 unspecified atom stereocenters. The van der Waals surface area contributed by atoms with Crippen LogP contribution < -0.4 is 15.2 Å². The summed E-state index contributed by atoms with van der Waals surface area (Å²) in [5, 5.41) is 0. The van der Waals surface area contributed by atoms with E-state index in [4.69, 9.17) is 24.7 Å². The molecule has 2 heterocycles. The Bertz CT molecular complexity index is 463. The molecule has 116 valence electrons. The van der Waals surface area contributed by atoms with E-state index < -0.39 is 0 Å². The smallest absolute Gasteiger partial charge is 0.123 e. The van der Waals surface area contributed by atoms with E-state index in [0.29, 0.717) is 13.2 Å². The van der Waals surface area contributed by atoms with Gasteiger partial charge in [-0.2, -0.15) is 0 Å². The van der Waals surface area contributed by atoms with Crippen LogP contribution >= 0.6 is 0 Å². The van der Waals surface area contributed by atoms with Gasteiger partial charge in [0.15, 0.2) is 0 Å². The Hall–Kier alpha value is -1.30. The van der Waals surface area contributed by atoms with Crippen LogP contribution in [-0.2, 0) is 16.0 Å². The number of rotatable bonds is 4. The van der Waals surface area contributed by atoms with Crippen LogP contribution in [0.3, 0.4) is 0 Å². The van der Waals surface area contributed by atoms with Crippen molar-refractivity contribution in [3.63, 3.8) is 0 Å². The van der Waals surface area contributed by atoms with Crippen molar-refractivity contribution >= 4 is 0 Å². The summed E-state index contributed by atoms with van der Waals surface area (Å²) in [6.07, 6.45) is 2.89. The third-order valence-electron chi connectivity index (χ3n) is 4.23. The second-order valence-corrected chi connectivity index (χ2v) is 5.79. The third-order valence-corrected chi connectivity index (χ3v) is 4.23. The molecule has 0 saturated carbocycles. The van der Waals surface area contributed by atoms with Crippen molar-refractivity contribution in [3.8, 4) is 11.5 Å². The summed E-state index contributed by atoms with van der Waals surface area (Å²) in [4.78, 5) is 0. The zero-order valence-corrected chi connectivity index (χ0v) is 12.5. The van der Waals surface area contributed by atoms with Gasteiger partial charge in [-0.3, -0.25) is 0 Å². The van der Waals surface area contributed by atoms with Gasteiger partial charge in [-0.15, -0.1) is 0 Å². The first kappa shape index (κ1) is 14.6. The summed E-state index contributed by atoms with van der Waals surface area (Å²) >= 11 is 0. The van der Waals surface area contributed by atoms with E-state index in [1.807, 2.05) is 18.2 Å². The molecular weight excluding hydrogens is 270 g/mol. The van der Waals surface area contributed by atoms with Crippen molar-refractivity contribution in [2.24, 2.45) is 5.73 Å². The molecule has 0 aliphatic carbocycles. The second-order valence-electron chi connectivity index (χ2n) is 5.79. The van der Waals surface area contributed by atoms with Crippen molar-refractivity contribution in [3.05, 3.63) is 23.8 Å². The number of hydrogen-bond donors (Lipinski definition) is 1. The summed E-state index contributed by atoms with van der Waals surface area (Å²) in [7, 11) is 1.65. The van der Waals surface area contributed by atoms with Gasteiger partial charge in [0, 0.05) is 38.5 Å².